The summed E-state index contributed by atoms with van der Waals surface area (Å²) in [4.78, 5) is 0. The van der Waals surface area contributed by atoms with Crippen molar-refractivity contribution in [2.24, 2.45) is 0 Å². The molecule has 0 aliphatic rings. The molecule has 1 atom stereocenters. The molecular formula is C2H4I2O2. The lowest BCUT2D eigenvalue weighted by Crippen LogP contribution is -2.00. The Morgan fingerprint density at radius 1 is 1.83 bits per heavy atom. The van der Waals surface area contributed by atoms with E-state index in [0.29, 0.717) is 0 Å². The average Bonchev–Trinajstić information content (AvgIpc) is 1.65. The van der Waals surface area contributed by atoms with Crippen LogP contribution in [0.4, 0.5) is 0 Å². The maximum atomic E-state index is 8.20. The number of hydrogen-bond donors (Lipinski definition) is 1. The van der Waals surface area contributed by atoms with Crippen LogP contribution in [0.3, 0.4) is 0 Å². The lowest BCUT2D eigenvalue weighted by atomic mass is 10.8. The first kappa shape index (κ1) is 7.38. The van der Waals surface area contributed by atoms with Crippen molar-refractivity contribution in [1.82, 2.24) is 0 Å². The molecule has 0 amide bonds. The van der Waals surface area contributed by atoms with Crippen LogP contribution in [0.25, 0.3) is 0 Å². The molecule has 0 saturated heterocycles. The molecule has 0 heterocycles. The molecular weight excluding hydrogens is 310 g/mol. The van der Waals surface area contributed by atoms with Crippen molar-refractivity contribution in [1.29, 1.82) is 0 Å². The van der Waals surface area contributed by atoms with E-state index in [1.54, 1.807) is 23.0 Å². The van der Waals surface area contributed by atoms with Gasteiger partial charge in [-0.05, 0) is 22.6 Å². The molecule has 0 spiro atoms. The van der Waals surface area contributed by atoms with Crippen LogP contribution in [0.15, 0.2) is 0 Å². The monoisotopic (exact) mass is 314 g/mol. The van der Waals surface area contributed by atoms with Crippen LogP contribution in [0.1, 0.15) is 0 Å². The van der Waals surface area contributed by atoms with E-state index >= 15 is 0 Å². The van der Waals surface area contributed by atoms with Gasteiger partial charge in [-0.2, -0.15) is 0 Å². The Kier molecular flexibility index (Phi) is 5.58. The molecule has 0 bridgehead atoms. The smallest absolute Gasteiger partial charge is 0.144 e. The summed E-state index contributed by atoms with van der Waals surface area (Å²) < 4.78 is 4.55. The van der Waals surface area contributed by atoms with Crippen LogP contribution in [-0.2, 0) is 3.07 Å². The first-order chi connectivity index (χ1) is 2.81. The van der Waals surface area contributed by atoms with Crippen molar-refractivity contribution in [2.75, 3.05) is 6.61 Å². The van der Waals surface area contributed by atoms with Gasteiger partial charge >= 0.3 is 0 Å². The average molecular weight is 314 g/mol. The number of halogens is 2. The zero-order chi connectivity index (χ0) is 4.99. The van der Waals surface area contributed by atoms with Gasteiger partial charge in [0, 0.05) is 0 Å². The van der Waals surface area contributed by atoms with Crippen LogP contribution in [0.5, 0.6) is 0 Å². The molecule has 0 aliphatic heterocycles. The molecule has 4 heteroatoms. The fraction of sp³-hybridized carbons (Fsp3) is 1.00. The highest BCUT2D eigenvalue weighted by atomic mass is 127. The van der Waals surface area contributed by atoms with Gasteiger partial charge in [0.25, 0.3) is 0 Å². The number of alkyl halides is 1. The third kappa shape index (κ3) is 3.57. The van der Waals surface area contributed by atoms with Gasteiger partial charge in [0.05, 0.1) is 6.61 Å². The highest BCUT2D eigenvalue weighted by molar-refractivity contribution is 14.1. The summed E-state index contributed by atoms with van der Waals surface area (Å²) in [5, 5.41) is 8.20. The van der Waals surface area contributed by atoms with Crippen LogP contribution in [-0.4, -0.2) is 15.8 Å². The Hall–Kier alpha value is 1.38. The van der Waals surface area contributed by atoms with Crippen molar-refractivity contribution in [3.8, 4) is 0 Å². The maximum Gasteiger partial charge on any atom is 0.144 e. The largest absolute Gasteiger partial charge is 0.393 e. The minimum Gasteiger partial charge on any atom is -0.393 e. The highest BCUT2D eigenvalue weighted by Gasteiger charge is 1.94. The van der Waals surface area contributed by atoms with Crippen molar-refractivity contribution in [3.63, 3.8) is 0 Å². The first-order valence-corrected chi connectivity index (χ1v) is 3.46. The van der Waals surface area contributed by atoms with E-state index in [4.69, 9.17) is 5.11 Å². The van der Waals surface area contributed by atoms with E-state index in [1.807, 2.05) is 22.6 Å². The molecule has 2 nitrogen and oxygen atoms in total. The Morgan fingerprint density at radius 2 is 2.33 bits per heavy atom. The summed E-state index contributed by atoms with van der Waals surface area (Å²) in [5.41, 5.74) is 0. The molecule has 0 aromatic rings. The minimum atomic E-state index is -0.0526. The van der Waals surface area contributed by atoms with Gasteiger partial charge in [-0.25, -0.2) is 0 Å². The fourth-order valence-electron chi connectivity index (χ4n) is 0.0282. The zero-order valence-electron chi connectivity index (χ0n) is 2.90. The molecule has 0 aromatic heterocycles. The number of aliphatic hydroxyl groups excluding tert-OH is 1. The van der Waals surface area contributed by atoms with E-state index in [2.05, 4.69) is 3.07 Å². The zero-order valence-corrected chi connectivity index (χ0v) is 7.21. The van der Waals surface area contributed by atoms with E-state index in [1.165, 1.54) is 0 Å². The number of aliphatic hydroxyl groups is 1. The topological polar surface area (TPSA) is 29.5 Å². The van der Waals surface area contributed by atoms with Crippen LogP contribution in [0, 0.1) is 0 Å². The van der Waals surface area contributed by atoms with Gasteiger partial charge in [0.15, 0.2) is 0 Å². The van der Waals surface area contributed by atoms with Crippen molar-refractivity contribution in [3.05, 3.63) is 0 Å². The van der Waals surface area contributed by atoms with Gasteiger partial charge in [-0.15, -0.1) is 0 Å². The third-order valence-electron chi connectivity index (χ3n) is 0.240. The summed E-state index contributed by atoms with van der Waals surface area (Å²) in [6.45, 7) is 0.0868. The van der Waals surface area contributed by atoms with Gasteiger partial charge in [-0.1, -0.05) is 0 Å². The lowest BCUT2D eigenvalue weighted by molar-refractivity contribution is 0.225. The van der Waals surface area contributed by atoms with Crippen LogP contribution >= 0.6 is 45.6 Å². The summed E-state index contributed by atoms with van der Waals surface area (Å²) >= 11 is 3.74. The van der Waals surface area contributed by atoms with Crippen molar-refractivity contribution < 1.29 is 8.17 Å². The number of rotatable bonds is 2. The second-order valence-corrected chi connectivity index (χ2v) is 2.58. The summed E-state index contributed by atoms with van der Waals surface area (Å²) in [6.07, 6.45) is 0. The Bertz CT molecular complexity index is 28.7. The molecule has 0 fully saturated rings. The van der Waals surface area contributed by atoms with Crippen LogP contribution < -0.4 is 0 Å². The predicted octanol–water partition coefficient (Wildman–Crippen LogP) is 1.11. The molecule has 0 radical (unpaired) electrons. The van der Waals surface area contributed by atoms with Crippen LogP contribution in [0.2, 0.25) is 0 Å². The van der Waals surface area contributed by atoms with Gasteiger partial charge in [0.2, 0.25) is 0 Å². The second kappa shape index (κ2) is 4.54. The van der Waals surface area contributed by atoms with Gasteiger partial charge < -0.3 is 5.11 Å². The first-order valence-electron chi connectivity index (χ1n) is 1.33. The van der Waals surface area contributed by atoms with E-state index in [9.17, 15) is 0 Å². The maximum absolute atomic E-state index is 8.20. The second-order valence-electron chi connectivity index (χ2n) is 0.682. The molecule has 0 aliphatic carbocycles. The molecule has 38 valence electrons. The molecule has 1 unspecified atom stereocenters. The third-order valence-corrected chi connectivity index (χ3v) is 2.48. The van der Waals surface area contributed by atoms with E-state index < -0.39 is 0 Å². The minimum absolute atomic E-state index is 0.0526. The molecule has 0 rings (SSSR count). The quantitative estimate of drug-likeness (QED) is 0.611. The molecule has 0 aromatic carbocycles. The summed E-state index contributed by atoms with van der Waals surface area (Å²) in [6, 6.07) is 0. The lowest BCUT2D eigenvalue weighted by Gasteiger charge is -1.95. The summed E-state index contributed by atoms with van der Waals surface area (Å²) in [5.74, 6) is 0. The van der Waals surface area contributed by atoms with E-state index in [0.717, 1.165) is 0 Å². The van der Waals surface area contributed by atoms with Crippen molar-refractivity contribution in [2.45, 2.75) is 4.11 Å². The van der Waals surface area contributed by atoms with E-state index in [-0.39, 0.29) is 10.7 Å². The SMILES string of the molecule is OCC(I)OI. The molecule has 0 saturated carbocycles. The predicted molar refractivity (Wildman–Crippen MR) is 40.0 cm³/mol. The Morgan fingerprint density at radius 3 is 2.33 bits per heavy atom. The molecule has 1 N–H and O–H groups in total. The van der Waals surface area contributed by atoms with Gasteiger partial charge in [-0.3, -0.25) is 3.07 Å². The standard InChI is InChI=1S/C2H4I2O2/c3-2(1-5)6-4/h2,5H,1H2. The van der Waals surface area contributed by atoms with Crippen molar-refractivity contribution >= 4 is 45.6 Å². The Balaban J connectivity index is 2.75. The normalized spacial score (nSPS) is 14.5. The van der Waals surface area contributed by atoms with Gasteiger partial charge in [0.1, 0.15) is 27.1 Å². The number of hydrogen-bond acceptors (Lipinski definition) is 2. The highest BCUT2D eigenvalue weighted by Crippen LogP contribution is 2.04. The molecule has 6 heavy (non-hydrogen) atoms. The summed E-state index contributed by atoms with van der Waals surface area (Å²) in [7, 11) is 0. The Labute approximate surface area is 64.1 Å². The fourth-order valence-corrected chi connectivity index (χ4v) is 0.189.